The highest BCUT2D eigenvalue weighted by Gasteiger charge is 2.22. The van der Waals surface area contributed by atoms with Gasteiger partial charge in [0.2, 0.25) is 11.9 Å². The molecule has 13 rings (SSSR count). The third-order valence-electron chi connectivity index (χ3n) is 10.6. The SMILES string of the molecule is [2H]c1c([2H])c([2H])c2c(c1[2H])c1c([2H])c([2H])c([2H])c([2H])c1n2-c1nc(-c2cccc(-n3c4ccccc4c4ccc5oc6ccccc6c5c43)c2)nc(-n2c3c([2H])c([2H])c([2H])c([2H])c3c3c([2H])c([2H])c([2H])c([2H])c32)n1. The summed E-state index contributed by atoms with van der Waals surface area (Å²) in [6.45, 7) is 0. The predicted octanol–water partition coefficient (Wildman–Crippen LogP) is 12.7. The molecule has 0 radical (unpaired) electrons. The van der Waals surface area contributed by atoms with Crippen molar-refractivity contribution in [2.24, 2.45) is 0 Å². The van der Waals surface area contributed by atoms with E-state index < -0.39 is 109 Å². The number of rotatable bonds is 4. The van der Waals surface area contributed by atoms with E-state index in [-0.39, 0.29) is 55.0 Å². The lowest BCUT2D eigenvalue weighted by atomic mass is 10.1. The second-order valence-corrected chi connectivity index (χ2v) is 13.7. The number of benzene rings is 8. The Morgan fingerprint density at radius 1 is 0.414 bits per heavy atom. The Hall–Kier alpha value is -8.03. The average molecular weight is 759 g/mol. The van der Waals surface area contributed by atoms with Gasteiger partial charge in [0, 0.05) is 49.0 Å². The normalized spacial score (nSPS) is 16.0. The zero-order chi connectivity index (χ0) is 51.8. The second-order valence-electron chi connectivity index (χ2n) is 13.7. The van der Waals surface area contributed by atoms with Crippen molar-refractivity contribution < 1.29 is 26.3 Å². The van der Waals surface area contributed by atoms with Crippen LogP contribution in [-0.4, -0.2) is 28.7 Å². The molecule has 8 aromatic carbocycles. The van der Waals surface area contributed by atoms with Crippen LogP contribution in [0.1, 0.15) is 21.9 Å². The van der Waals surface area contributed by atoms with Crippen LogP contribution < -0.4 is 0 Å². The van der Waals surface area contributed by atoms with Gasteiger partial charge in [0.05, 0.1) is 60.4 Å². The quantitative estimate of drug-likeness (QED) is 0.179. The third kappa shape index (κ3) is 4.30. The van der Waals surface area contributed by atoms with E-state index >= 15 is 0 Å². The Morgan fingerprint density at radius 3 is 1.59 bits per heavy atom. The van der Waals surface area contributed by atoms with Gasteiger partial charge in [-0.2, -0.15) is 15.0 Å². The van der Waals surface area contributed by atoms with E-state index in [1.54, 1.807) is 18.2 Å². The van der Waals surface area contributed by atoms with Gasteiger partial charge in [0.1, 0.15) is 11.2 Å². The monoisotopic (exact) mass is 758 g/mol. The molecule has 0 unspecified atom stereocenters. The molecule has 270 valence electrons. The van der Waals surface area contributed by atoms with Crippen LogP contribution in [0.3, 0.4) is 0 Å². The molecule has 0 bridgehead atoms. The molecular weight excluding hydrogens is 713 g/mol. The molecular formula is C51H30N6O. The molecule has 0 aliphatic rings. The number of fused-ring (bicyclic) bond motifs is 13. The maximum atomic E-state index is 9.27. The smallest absolute Gasteiger partial charge is 0.240 e. The van der Waals surface area contributed by atoms with E-state index in [9.17, 15) is 5.48 Å². The van der Waals surface area contributed by atoms with Crippen LogP contribution in [0.15, 0.2) is 186 Å². The van der Waals surface area contributed by atoms with E-state index in [1.807, 2.05) is 66.7 Å². The van der Waals surface area contributed by atoms with Crippen LogP contribution in [0.2, 0.25) is 0 Å². The summed E-state index contributed by atoms with van der Waals surface area (Å²) in [5, 5.41) is 2.51. The van der Waals surface area contributed by atoms with Gasteiger partial charge in [-0.25, -0.2) is 0 Å². The van der Waals surface area contributed by atoms with Crippen molar-refractivity contribution in [2.75, 3.05) is 0 Å². The summed E-state index contributed by atoms with van der Waals surface area (Å²) < 4.78 is 154. The van der Waals surface area contributed by atoms with Gasteiger partial charge in [-0.05, 0) is 60.6 Å². The van der Waals surface area contributed by atoms with Crippen LogP contribution in [-0.2, 0) is 0 Å². The van der Waals surface area contributed by atoms with Gasteiger partial charge in [-0.3, -0.25) is 9.13 Å². The maximum Gasteiger partial charge on any atom is 0.240 e. The van der Waals surface area contributed by atoms with Gasteiger partial charge < -0.3 is 8.98 Å². The molecule has 0 N–H and O–H groups in total. The molecule has 0 saturated heterocycles. The summed E-state index contributed by atoms with van der Waals surface area (Å²) in [5.74, 6) is -1.13. The summed E-state index contributed by atoms with van der Waals surface area (Å²) in [6.07, 6.45) is 0. The Balaban J connectivity index is 1.21. The van der Waals surface area contributed by atoms with Gasteiger partial charge in [-0.1, -0.05) is 121 Å². The van der Waals surface area contributed by atoms with Crippen molar-refractivity contribution >= 4 is 87.4 Å². The number of hydrogen-bond acceptors (Lipinski definition) is 4. The summed E-state index contributed by atoms with van der Waals surface area (Å²) in [7, 11) is 0. The highest BCUT2D eigenvalue weighted by Crippen LogP contribution is 2.41. The number of nitrogens with zero attached hydrogens (tertiary/aromatic N) is 6. The molecule has 13 aromatic rings. The van der Waals surface area contributed by atoms with Crippen LogP contribution in [0.5, 0.6) is 0 Å². The molecule has 5 heterocycles. The van der Waals surface area contributed by atoms with Crippen LogP contribution in [0.25, 0.3) is 116 Å². The number of furan rings is 1. The van der Waals surface area contributed by atoms with Gasteiger partial charge in [-0.15, -0.1) is 0 Å². The van der Waals surface area contributed by atoms with Crippen LogP contribution >= 0.6 is 0 Å². The maximum absolute atomic E-state index is 9.27. The Kier molecular flexibility index (Phi) is 3.99. The molecule has 7 nitrogen and oxygen atoms in total. The van der Waals surface area contributed by atoms with Crippen molar-refractivity contribution in [2.45, 2.75) is 0 Å². The molecule has 58 heavy (non-hydrogen) atoms. The van der Waals surface area contributed by atoms with E-state index in [2.05, 4.69) is 4.57 Å². The minimum atomic E-state index is -0.705. The fourth-order valence-electron chi connectivity index (χ4n) is 8.24. The minimum Gasteiger partial charge on any atom is -0.456 e. The van der Waals surface area contributed by atoms with Gasteiger partial charge in [0.15, 0.2) is 5.82 Å². The summed E-state index contributed by atoms with van der Waals surface area (Å²) >= 11 is 0. The molecule has 0 spiro atoms. The predicted molar refractivity (Wildman–Crippen MR) is 236 cm³/mol. The van der Waals surface area contributed by atoms with Crippen LogP contribution in [0, 0.1) is 0 Å². The Morgan fingerprint density at radius 2 is 0.966 bits per heavy atom. The summed E-state index contributed by atoms with van der Waals surface area (Å²) in [5.41, 5.74) is 2.56. The van der Waals surface area contributed by atoms with Crippen molar-refractivity contribution in [3.05, 3.63) is 182 Å². The standard InChI is InChI=1S/C51H30N6O/c1-8-23-41-33(16-1)34-17-2-9-24-42(34)56(41)50-52-49(53-51(54-50)57-43-25-10-3-18-35(43)36-19-4-11-26-44(36)57)31-14-13-15-32(30-31)55-40-22-7-5-20-37(40)38-28-29-46-47(48(38)55)39-21-6-12-27-45(39)58-46/h1-30H/i1D,2D,3D,4D,8D,9D,10D,11D,16D,17D,18D,19D,23D,24D,25D,26D. The Bertz CT molecular complexity index is 4430. The zero-order valence-electron chi connectivity index (χ0n) is 45.7. The zero-order valence-corrected chi connectivity index (χ0v) is 29.7. The highest BCUT2D eigenvalue weighted by atomic mass is 16.3. The highest BCUT2D eigenvalue weighted by molar-refractivity contribution is 6.24. The largest absolute Gasteiger partial charge is 0.456 e. The fourth-order valence-corrected chi connectivity index (χ4v) is 8.24. The fraction of sp³-hybridized carbons (Fsp3) is 0. The third-order valence-corrected chi connectivity index (χ3v) is 10.6. The minimum absolute atomic E-state index is 0.167. The number of para-hydroxylation sites is 6. The van der Waals surface area contributed by atoms with E-state index in [1.165, 1.54) is 0 Å². The molecule has 7 heteroatoms. The average Bonchev–Trinajstić information content (AvgIpc) is 4.18. The first-order valence-electron chi connectivity index (χ1n) is 26.1. The van der Waals surface area contributed by atoms with Gasteiger partial charge >= 0.3 is 0 Å². The topological polar surface area (TPSA) is 66.6 Å². The first-order chi connectivity index (χ1) is 35.4. The van der Waals surface area contributed by atoms with Crippen LogP contribution in [0.4, 0.5) is 0 Å². The second kappa shape index (κ2) is 11.7. The molecule has 0 amide bonds. The molecule has 0 saturated carbocycles. The van der Waals surface area contributed by atoms with Crippen molar-refractivity contribution in [3.8, 4) is 29.0 Å². The van der Waals surface area contributed by atoms with E-state index in [0.717, 1.165) is 41.7 Å². The molecule has 0 aliphatic heterocycles. The first kappa shape index (κ1) is 19.7. The van der Waals surface area contributed by atoms with Crippen molar-refractivity contribution in [1.29, 1.82) is 0 Å². The lowest BCUT2D eigenvalue weighted by Gasteiger charge is -2.14. The Labute approximate surface area is 352 Å². The summed E-state index contributed by atoms with van der Waals surface area (Å²) in [6, 6.07) is 16.0. The number of aromatic nitrogens is 6. The molecule has 0 atom stereocenters. The van der Waals surface area contributed by atoms with E-state index in [4.69, 9.17) is 35.8 Å². The summed E-state index contributed by atoms with van der Waals surface area (Å²) in [4.78, 5) is 14.7. The van der Waals surface area contributed by atoms with Crippen molar-refractivity contribution in [1.82, 2.24) is 28.7 Å². The van der Waals surface area contributed by atoms with E-state index in [0.29, 0.717) is 16.9 Å². The first-order valence-corrected chi connectivity index (χ1v) is 18.1. The number of hydrogen-bond donors (Lipinski definition) is 0. The van der Waals surface area contributed by atoms with Gasteiger partial charge in [0.25, 0.3) is 0 Å². The molecule has 0 aliphatic carbocycles. The van der Waals surface area contributed by atoms with Crippen molar-refractivity contribution in [3.63, 3.8) is 0 Å². The lowest BCUT2D eigenvalue weighted by molar-refractivity contribution is 0.669. The molecule has 5 aromatic heterocycles. The molecule has 0 fully saturated rings. The lowest BCUT2D eigenvalue weighted by Crippen LogP contribution is -2.10.